The van der Waals surface area contributed by atoms with Crippen LogP contribution in [0.5, 0.6) is 0 Å². The van der Waals surface area contributed by atoms with Crippen molar-refractivity contribution < 1.29 is 9.31 Å². The molecule has 2 saturated heterocycles. The van der Waals surface area contributed by atoms with Crippen LogP contribution in [-0.2, 0) is 15.7 Å². The first-order valence-electron chi connectivity index (χ1n) is 8.63. The highest BCUT2D eigenvalue weighted by molar-refractivity contribution is 6.62. The van der Waals surface area contributed by atoms with E-state index in [0.29, 0.717) is 6.04 Å². The number of benzene rings is 1. The molecular weight excluding hydrogens is 287 g/mol. The second-order valence-electron chi connectivity index (χ2n) is 7.95. The molecule has 1 aromatic rings. The molecule has 2 fully saturated rings. The third kappa shape index (κ3) is 3.63. The fraction of sp³-hybridized carbons (Fsp3) is 0.667. The summed E-state index contributed by atoms with van der Waals surface area (Å²) in [4.78, 5) is 2.39. The molecule has 2 aliphatic rings. The topological polar surface area (TPSA) is 33.7 Å². The van der Waals surface area contributed by atoms with Crippen LogP contribution >= 0.6 is 0 Å². The Morgan fingerprint density at radius 1 is 1.13 bits per heavy atom. The molecule has 2 heterocycles. The molecule has 3 rings (SSSR count). The summed E-state index contributed by atoms with van der Waals surface area (Å²) in [5, 5.41) is 3.60. The average molecular weight is 316 g/mol. The molecule has 0 aromatic heterocycles. The van der Waals surface area contributed by atoms with Gasteiger partial charge in [-0.15, -0.1) is 0 Å². The molecule has 0 amide bonds. The van der Waals surface area contributed by atoms with E-state index >= 15 is 0 Å². The van der Waals surface area contributed by atoms with Crippen LogP contribution in [0.1, 0.15) is 33.3 Å². The molecule has 0 saturated carbocycles. The summed E-state index contributed by atoms with van der Waals surface area (Å²) in [6.07, 6.45) is 1.06. The summed E-state index contributed by atoms with van der Waals surface area (Å²) >= 11 is 0. The maximum Gasteiger partial charge on any atom is 0.494 e. The van der Waals surface area contributed by atoms with Crippen molar-refractivity contribution in [3.05, 3.63) is 29.8 Å². The first-order valence-corrected chi connectivity index (χ1v) is 8.63. The lowest BCUT2D eigenvalue weighted by Gasteiger charge is -2.32. The summed E-state index contributed by atoms with van der Waals surface area (Å²) in [5.74, 6) is 0. The molecule has 0 bridgehead atoms. The normalized spacial score (nSPS) is 27.3. The van der Waals surface area contributed by atoms with Crippen LogP contribution in [0.2, 0.25) is 0 Å². The lowest BCUT2D eigenvalue weighted by atomic mass is 9.78. The summed E-state index contributed by atoms with van der Waals surface area (Å²) in [6, 6.07) is 9.23. The minimum absolute atomic E-state index is 0.270. The van der Waals surface area contributed by atoms with Crippen LogP contribution in [0.15, 0.2) is 24.3 Å². The van der Waals surface area contributed by atoms with Crippen LogP contribution in [0, 0.1) is 0 Å². The predicted octanol–water partition coefficient (Wildman–Crippen LogP) is 1.43. The van der Waals surface area contributed by atoms with Crippen LogP contribution in [-0.4, -0.2) is 55.9 Å². The number of nitrogens with one attached hydrogen (secondary N) is 1. The Hall–Kier alpha value is -0.875. The number of rotatable bonds is 3. The smallest absolute Gasteiger partial charge is 0.399 e. The zero-order chi connectivity index (χ0) is 16.7. The van der Waals surface area contributed by atoms with E-state index in [1.165, 1.54) is 5.56 Å². The number of hydrogen-bond acceptors (Lipinski definition) is 4. The molecular formula is C18H29BN2O2. The minimum atomic E-state index is -0.285. The average Bonchev–Trinajstić information content (AvgIpc) is 2.68. The maximum atomic E-state index is 6.11. The van der Waals surface area contributed by atoms with Crippen molar-refractivity contribution in [1.29, 1.82) is 0 Å². The molecule has 126 valence electrons. The Labute approximate surface area is 140 Å². The van der Waals surface area contributed by atoms with Crippen LogP contribution in [0.3, 0.4) is 0 Å². The van der Waals surface area contributed by atoms with E-state index in [-0.39, 0.29) is 18.3 Å². The van der Waals surface area contributed by atoms with E-state index in [1.54, 1.807) is 0 Å². The van der Waals surface area contributed by atoms with Gasteiger partial charge in [-0.1, -0.05) is 24.3 Å². The highest BCUT2D eigenvalue weighted by Crippen LogP contribution is 2.36. The van der Waals surface area contributed by atoms with Gasteiger partial charge < -0.3 is 19.5 Å². The summed E-state index contributed by atoms with van der Waals surface area (Å²) in [6.45, 7) is 11.7. The molecule has 0 aliphatic carbocycles. The number of hydrogen-bond donors (Lipinski definition) is 1. The van der Waals surface area contributed by atoms with Crippen LogP contribution < -0.4 is 10.8 Å². The fourth-order valence-electron chi connectivity index (χ4n) is 3.20. The van der Waals surface area contributed by atoms with Crippen molar-refractivity contribution in [3.8, 4) is 0 Å². The summed E-state index contributed by atoms with van der Waals surface area (Å²) in [5.41, 5.74) is 1.89. The van der Waals surface area contributed by atoms with Gasteiger partial charge in [-0.3, -0.25) is 0 Å². The van der Waals surface area contributed by atoms with E-state index in [1.807, 2.05) is 0 Å². The molecule has 2 aliphatic heterocycles. The van der Waals surface area contributed by atoms with Gasteiger partial charge >= 0.3 is 7.12 Å². The molecule has 1 N–H and O–H groups in total. The van der Waals surface area contributed by atoms with Crippen molar-refractivity contribution in [2.24, 2.45) is 0 Å². The summed E-state index contributed by atoms with van der Waals surface area (Å²) < 4.78 is 12.2. The van der Waals surface area contributed by atoms with Crippen molar-refractivity contribution in [2.45, 2.75) is 51.4 Å². The van der Waals surface area contributed by atoms with Crippen LogP contribution in [0.25, 0.3) is 0 Å². The highest BCUT2D eigenvalue weighted by Gasteiger charge is 2.51. The molecule has 5 heteroatoms. The Bertz CT molecular complexity index is 528. The monoisotopic (exact) mass is 316 g/mol. The largest absolute Gasteiger partial charge is 0.494 e. The van der Waals surface area contributed by atoms with Gasteiger partial charge in [-0.2, -0.15) is 0 Å². The van der Waals surface area contributed by atoms with Gasteiger partial charge in [0.05, 0.1) is 11.2 Å². The molecule has 23 heavy (non-hydrogen) atoms. The Morgan fingerprint density at radius 3 is 2.30 bits per heavy atom. The Morgan fingerprint density at radius 2 is 1.74 bits per heavy atom. The van der Waals surface area contributed by atoms with Gasteiger partial charge in [-0.25, -0.2) is 0 Å². The molecule has 0 radical (unpaired) electrons. The molecule has 4 nitrogen and oxygen atoms in total. The van der Waals surface area contributed by atoms with Crippen molar-refractivity contribution >= 4 is 12.6 Å². The van der Waals surface area contributed by atoms with E-state index in [9.17, 15) is 0 Å². The van der Waals surface area contributed by atoms with Gasteiger partial charge in [0.25, 0.3) is 0 Å². The first-order chi connectivity index (χ1) is 10.8. The standard InChI is InChI=1S/C18H29BN2O2/c1-17(2)18(3,4)23-19(22-17)15-8-6-14(7-9-15)12-16-13-21(5)11-10-20-16/h6-9,16,20H,10-13H2,1-5H3/t16-/m1/s1. The van der Waals surface area contributed by atoms with Crippen LogP contribution in [0.4, 0.5) is 0 Å². The van der Waals surface area contributed by atoms with E-state index in [0.717, 1.165) is 31.5 Å². The third-order valence-electron chi connectivity index (χ3n) is 5.45. The molecule has 1 aromatic carbocycles. The Kier molecular flexibility index (Phi) is 4.58. The lowest BCUT2D eigenvalue weighted by molar-refractivity contribution is 0.00578. The van der Waals surface area contributed by atoms with Gasteiger partial charge in [0.15, 0.2) is 0 Å². The van der Waals surface area contributed by atoms with Crippen molar-refractivity contribution in [1.82, 2.24) is 10.2 Å². The minimum Gasteiger partial charge on any atom is -0.399 e. The lowest BCUT2D eigenvalue weighted by Crippen LogP contribution is -2.49. The zero-order valence-corrected chi connectivity index (χ0v) is 15.1. The molecule has 1 atom stereocenters. The fourth-order valence-corrected chi connectivity index (χ4v) is 3.20. The first kappa shape index (κ1) is 17.0. The highest BCUT2D eigenvalue weighted by atomic mass is 16.7. The third-order valence-corrected chi connectivity index (χ3v) is 5.45. The van der Waals surface area contributed by atoms with E-state index < -0.39 is 0 Å². The molecule has 0 spiro atoms. The summed E-state index contributed by atoms with van der Waals surface area (Å²) in [7, 11) is 1.92. The van der Waals surface area contributed by atoms with Gasteiger partial charge in [0, 0.05) is 25.7 Å². The SMILES string of the molecule is CN1CCN[C@H](Cc2ccc(B3OC(C)(C)C(C)(C)O3)cc2)C1. The number of likely N-dealkylation sites (N-methyl/N-ethyl adjacent to an activating group) is 1. The number of piperazine rings is 1. The predicted molar refractivity (Wildman–Crippen MR) is 95.1 cm³/mol. The van der Waals surface area contributed by atoms with Gasteiger partial charge in [0.2, 0.25) is 0 Å². The van der Waals surface area contributed by atoms with E-state index in [4.69, 9.17) is 9.31 Å². The second-order valence-corrected chi connectivity index (χ2v) is 7.95. The quantitative estimate of drug-likeness (QED) is 0.856. The van der Waals surface area contributed by atoms with Gasteiger partial charge in [-0.05, 0) is 52.2 Å². The maximum absolute atomic E-state index is 6.11. The van der Waals surface area contributed by atoms with E-state index in [2.05, 4.69) is 69.2 Å². The van der Waals surface area contributed by atoms with Gasteiger partial charge in [0.1, 0.15) is 0 Å². The molecule has 0 unspecified atom stereocenters. The Balaban J connectivity index is 1.64. The second kappa shape index (κ2) is 6.21. The zero-order valence-electron chi connectivity index (χ0n) is 15.1. The number of nitrogens with zero attached hydrogens (tertiary/aromatic N) is 1. The van der Waals surface area contributed by atoms with Crippen molar-refractivity contribution in [2.75, 3.05) is 26.7 Å². The van der Waals surface area contributed by atoms with Crippen molar-refractivity contribution in [3.63, 3.8) is 0 Å².